The summed E-state index contributed by atoms with van der Waals surface area (Å²) in [4.78, 5) is 20.5. The van der Waals surface area contributed by atoms with Crippen molar-refractivity contribution in [1.82, 2.24) is 9.97 Å². The fourth-order valence-corrected chi connectivity index (χ4v) is 2.36. The number of carbonyl (C=O) groups excluding carboxylic acids is 1. The van der Waals surface area contributed by atoms with Crippen molar-refractivity contribution in [1.29, 1.82) is 5.26 Å². The molecule has 7 heteroatoms. The molecule has 0 aliphatic heterocycles. The number of hydrogen-bond donors (Lipinski definition) is 2. The smallest absolute Gasteiger partial charge is 0.258 e. The maximum absolute atomic E-state index is 12.3. The van der Waals surface area contributed by atoms with Gasteiger partial charge in [0.1, 0.15) is 0 Å². The molecule has 0 radical (unpaired) electrons. The molecule has 3 rings (SSSR count). The van der Waals surface area contributed by atoms with Gasteiger partial charge in [-0.2, -0.15) is 5.26 Å². The van der Waals surface area contributed by atoms with E-state index in [-0.39, 0.29) is 5.91 Å². The lowest BCUT2D eigenvalue weighted by Crippen LogP contribution is -2.13. The van der Waals surface area contributed by atoms with Crippen LogP contribution < -0.4 is 10.6 Å². The van der Waals surface area contributed by atoms with Crippen molar-refractivity contribution >= 4 is 34.8 Å². The third-order valence-corrected chi connectivity index (χ3v) is 4.00. The van der Waals surface area contributed by atoms with Crippen LogP contribution in [0, 0.1) is 18.3 Å². The number of benzene rings is 2. The van der Waals surface area contributed by atoms with E-state index in [1.165, 1.54) is 12.4 Å². The lowest BCUT2D eigenvalue weighted by atomic mass is 10.2. The number of nitrogens with zero attached hydrogens (tertiary/aromatic N) is 3. The van der Waals surface area contributed by atoms with Crippen LogP contribution in [0.25, 0.3) is 0 Å². The fraction of sp³-hybridized carbons (Fsp3) is 0.0526. The molecule has 3 aromatic rings. The average molecular weight is 364 g/mol. The van der Waals surface area contributed by atoms with E-state index in [0.29, 0.717) is 33.5 Å². The Labute approximate surface area is 155 Å². The Morgan fingerprint density at radius 2 is 1.88 bits per heavy atom. The van der Waals surface area contributed by atoms with Gasteiger partial charge in [-0.1, -0.05) is 23.7 Å². The van der Waals surface area contributed by atoms with Crippen molar-refractivity contribution in [2.75, 3.05) is 10.6 Å². The highest BCUT2D eigenvalue weighted by Crippen LogP contribution is 2.20. The van der Waals surface area contributed by atoms with Gasteiger partial charge in [0.15, 0.2) is 0 Å². The van der Waals surface area contributed by atoms with Gasteiger partial charge in [0.25, 0.3) is 5.91 Å². The van der Waals surface area contributed by atoms with Crippen LogP contribution in [-0.2, 0) is 0 Å². The quantitative estimate of drug-likeness (QED) is 0.720. The van der Waals surface area contributed by atoms with E-state index in [4.69, 9.17) is 16.9 Å². The van der Waals surface area contributed by atoms with Crippen molar-refractivity contribution in [3.8, 4) is 6.07 Å². The third-order valence-electron chi connectivity index (χ3n) is 3.59. The molecule has 0 aliphatic carbocycles. The molecule has 128 valence electrons. The van der Waals surface area contributed by atoms with E-state index >= 15 is 0 Å². The number of carbonyl (C=O) groups is 1. The lowest BCUT2D eigenvalue weighted by Gasteiger charge is -2.08. The second kappa shape index (κ2) is 7.64. The molecule has 2 aromatic carbocycles. The SMILES string of the molecule is Cc1ccc(NC(=O)c2cnc(Nc3cccc(C#N)c3)nc2)cc1Cl. The summed E-state index contributed by atoms with van der Waals surface area (Å²) in [6, 6.07) is 14.3. The Balaban J connectivity index is 1.69. The predicted octanol–water partition coefficient (Wildman–Crippen LogP) is 4.31. The fourth-order valence-electron chi connectivity index (χ4n) is 2.18. The first kappa shape index (κ1) is 17.4. The zero-order valence-electron chi connectivity index (χ0n) is 13.8. The van der Waals surface area contributed by atoms with Crippen LogP contribution in [0.4, 0.5) is 17.3 Å². The largest absolute Gasteiger partial charge is 0.324 e. The zero-order chi connectivity index (χ0) is 18.5. The standard InChI is InChI=1S/C19H14ClN5O/c1-12-5-6-16(8-17(12)20)24-18(26)14-10-22-19(23-11-14)25-15-4-2-3-13(7-15)9-21/h2-8,10-11H,1H3,(H,24,26)(H,22,23,25). The molecule has 0 saturated carbocycles. The van der Waals surface area contributed by atoms with Gasteiger partial charge in [-0.05, 0) is 42.8 Å². The summed E-state index contributed by atoms with van der Waals surface area (Å²) in [6.07, 6.45) is 2.85. The first-order valence-corrected chi connectivity index (χ1v) is 8.10. The molecule has 0 unspecified atom stereocenters. The van der Waals surface area contributed by atoms with Gasteiger partial charge in [0, 0.05) is 28.8 Å². The van der Waals surface area contributed by atoms with E-state index in [2.05, 4.69) is 26.7 Å². The maximum Gasteiger partial charge on any atom is 0.258 e. The Bertz CT molecular complexity index is 996. The van der Waals surface area contributed by atoms with Crippen LogP contribution in [0.3, 0.4) is 0 Å². The summed E-state index contributed by atoms with van der Waals surface area (Å²) in [5.74, 6) is -0.00188. The number of anilines is 3. The number of hydrogen-bond acceptors (Lipinski definition) is 5. The van der Waals surface area contributed by atoms with Crippen LogP contribution >= 0.6 is 11.6 Å². The summed E-state index contributed by atoms with van der Waals surface area (Å²) in [5.41, 5.74) is 3.07. The molecule has 1 heterocycles. The van der Waals surface area contributed by atoms with Crippen molar-refractivity contribution in [2.24, 2.45) is 0 Å². The van der Waals surface area contributed by atoms with Crippen molar-refractivity contribution < 1.29 is 4.79 Å². The summed E-state index contributed by atoms with van der Waals surface area (Å²) in [5, 5.41) is 15.2. The highest BCUT2D eigenvalue weighted by atomic mass is 35.5. The summed E-state index contributed by atoms with van der Waals surface area (Å²) in [6.45, 7) is 1.89. The number of rotatable bonds is 4. The highest BCUT2D eigenvalue weighted by molar-refractivity contribution is 6.31. The summed E-state index contributed by atoms with van der Waals surface area (Å²) >= 11 is 6.06. The van der Waals surface area contributed by atoms with Crippen molar-refractivity contribution in [3.63, 3.8) is 0 Å². The van der Waals surface area contributed by atoms with E-state index in [0.717, 1.165) is 5.56 Å². The second-order valence-electron chi connectivity index (χ2n) is 5.53. The van der Waals surface area contributed by atoms with Crippen LogP contribution in [-0.4, -0.2) is 15.9 Å². The Morgan fingerprint density at radius 1 is 1.12 bits per heavy atom. The number of aromatic nitrogens is 2. The zero-order valence-corrected chi connectivity index (χ0v) is 14.6. The van der Waals surface area contributed by atoms with Crippen LogP contribution in [0.5, 0.6) is 0 Å². The maximum atomic E-state index is 12.3. The number of nitriles is 1. The molecule has 2 N–H and O–H groups in total. The van der Waals surface area contributed by atoms with Gasteiger partial charge in [0.2, 0.25) is 5.95 Å². The summed E-state index contributed by atoms with van der Waals surface area (Å²) in [7, 11) is 0. The molecule has 0 aliphatic rings. The number of amides is 1. The van der Waals surface area contributed by atoms with Gasteiger partial charge in [0.05, 0.1) is 17.2 Å². The van der Waals surface area contributed by atoms with Crippen LogP contribution in [0.1, 0.15) is 21.5 Å². The predicted molar refractivity (Wildman–Crippen MR) is 101 cm³/mol. The molecule has 1 aromatic heterocycles. The Kier molecular flexibility index (Phi) is 5.11. The van der Waals surface area contributed by atoms with E-state index in [1.807, 2.05) is 13.0 Å². The molecule has 26 heavy (non-hydrogen) atoms. The van der Waals surface area contributed by atoms with Crippen LogP contribution in [0.15, 0.2) is 54.9 Å². The molecule has 1 amide bonds. The third kappa shape index (κ3) is 4.15. The van der Waals surface area contributed by atoms with Crippen LogP contribution in [0.2, 0.25) is 5.02 Å². The van der Waals surface area contributed by atoms with E-state index < -0.39 is 0 Å². The van der Waals surface area contributed by atoms with Crippen molar-refractivity contribution in [3.05, 3.63) is 76.6 Å². The Morgan fingerprint density at radius 3 is 2.58 bits per heavy atom. The Hall–Kier alpha value is -3.43. The first-order valence-electron chi connectivity index (χ1n) is 7.72. The van der Waals surface area contributed by atoms with Gasteiger partial charge in [-0.3, -0.25) is 4.79 Å². The van der Waals surface area contributed by atoms with Gasteiger partial charge >= 0.3 is 0 Å². The molecule has 0 spiro atoms. The van der Waals surface area contributed by atoms with Gasteiger partial charge in [-0.25, -0.2) is 9.97 Å². The number of nitrogens with one attached hydrogen (secondary N) is 2. The monoisotopic (exact) mass is 363 g/mol. The van der Waals surface area contributed by atoms with Gasteiger partial charge in [-0.15, -0.1) is 0 Å². The van der Waals surface area contributed by atoms with Crippen molar-refractivity contribution in [2.45, 2.75) is 6.92 Å². The number of aryl methyl sites for hydroxylation is 1. The molecule has 6 nitrogen and oxygen atoms in total. The number of halogens is 1. The molecular formula is C19H14ClN5O. The van der Waals surface area contributed by atoms with Gasteiger partial charge < -0.3 is 10.6 Å². The molecular weight excluding hydrogens is 350 g/mol. The molecule has 0 saturated heterocycles. The first-order chi connectivity index (χ1) is 12.5. The minimum absolute atomic E-state index is 0.318. The minimum Gasteiger partial charge on any atom is -0.324 e. The highest BCUT2D eigenvalue weighted by Gasteiger charge is 2.09. The minimum atomic E-state index is -0.331. The second-order valence-corrected chi connectivity index (χ2v) is 5.94. The normalized spacial score (nSPS) is 10.0. The lowest BCUT2D eigenvalue weighted by molar-refractivity contribution is 0.102. The summed E-state index contributed by atoms with van der Waals surface area (Å²) < 4.78 is 0. The average Bonchev–Trinajstić information content (AvgIpc) is 2.65. The van der Waals surface area contributed by atoms with E-state index in [9.17, 15) is 4.79 Å². The van der Waals surface area contributed by atoms with E-state index in [1.54, 1.807) is 36.4 Å². The molecule has 0 fully saturated rings. The molecule has 0 atom stereocenters. The molecule has 0 bridgehead atoms. The topological polar surface area (TPSA) is 90.7 Å².